The van der Waals surface area contributed by atoms with Gasteiger partial charge >= 0.3 is 0 Å². The Bertz CT molecular complexity index is 297. The molecule has 13 heavy (non-hydrogen) atoms. The molecule has 1 aromatic heterocycles. The number of aromatic nitrogens is 1. The van der Waals surface area contributed by atoms with Crippen LogP contribution in [0.15, 0.2) is 24.4 Å². The summed E-state index contributed by atoms with van der Waals surface area (Å²) in [5.74, 6) is 0.869. The number of aryl methyl sites for hydroxylation is 1. The lowest BCUT2D eigenvalue weighted by Gasteiger charge is -2.15. The summed E-state index contributed by atoms with van der Waals surface area (Å²) in [4.78, 5) is 0. The summed E-state index contributed by atoms with van der Waals surface area (Å²) in [5.41, 5.74) is 1.41. The molecule has 0 aliphatic heterocycles. The van der Waals surface area contributed by atoms with E-state index in [1.54, 1.807) is 0 Å². The van der Waals surface area contributed by atoms with Gasteiger partial charge < -0.3 is 4.57 Å². The maximum atomic E-state index is 4.30. The molecule has 0 bridgehead atoms. The van der Waals surface area contributed by atoms with E-state index in [1.165, 1.54) is 5.69 Å². The van der Waals surface area contributed by atoms with Gasteiger partial charge in [0.1, 0.15) is 0 Å². The van der Waals surface area contributed by atoms with E-state index in [0.717, 1.165) is 5.75 Å². The van der Waals surface area contributed by atoms with Crippen molar-refractivity contribution < 1.29 is 0 Å². The number of allylic oxidation sites excluding steroid dienone is 1. The zero-order chi connectivity index (χ0) is 9.90. The highest BCUT2D eigenvalue weighted by Gasteiger charge is 2.10. The van der Waals surface area contributed by atoms with Crippen molar-refractivity contribution in [2.45, 2.75) is 13.8 Å². The van der Waals surface area contributed by atoms with Gasteiger partial charge in [-0.3, -0.25) is 0 Å². The molecule has 0 fully saturated rings. The standard InChI is InChI=1S/C11H17NS/c1-11(2,9-13)7-6-10-5-4-8-12(10)3/h4-8,13H,9H2,1-3H3/b7-6+. The topological polar surface area (TPSA) is 4.93 Å². The average molecular weight is 195 g/mol. The molecule has 0 spiro atoms. The first-order valence-electron chi connectivity index (χ1n) is 4.46. The second-order valence-corrected chi connectivity index (χ2v) is 4.34. The Balaban J connectivity index is 2.74. The van der Waals surface area contributed by atoms with Crippen LogP contribution in [0, 0.1) is 5.41 Å². The predicted molar refractivity (Wildman–Crippen MR) is 62.1 cm³/mol. The first kappa shape index (κ1) is 10.5. The van der Waals surface area contributed by atoms with E-state index in [4.69, 9.17) is 0 Å². The van der Waals surface area contributed by atoms with Crippen molar-refractivity contribution in [1.29, 1.82) is 0 Å². The van der Waals surface area contributed by atoms with E-state index in [1.807, 2.05) is 19.3 Å². The fraction of sp³-hybridized carbons (Fsp3) is 0.455. The highest BCUT2D eigenvalue weighted by molar-refractivity contribution is 7.80. The van der Waals surface area contributed by atoms with E-state index in [2.05, 4.69) is 49.3 Å². The van der Waals surface area contributed by atoms with Gasteiger partial charge in [-0.2, -0.15) is 12.6 Å². The van der Waals surface area contributed by atoms with Crippen LogP contribution in [0.2, 0.25) is 0 Å². The molecule has 0 aliphatic carbocycles. The smallest absolute Gasteiger partial charge is 0.0401 e. The van der Waals surface area contributed by atoms with Crippen LogP contribution in [0.4, 0.5) is 0 Å². The van der Waals surface area contributed by atoms with Gasteiger partial charge in [0, 0.05) is 18.9 Å². The summed E-state index contributed by atoms with van der Waals surface area (Å²) in [7, 11) is 2.05. The number of rotatable bonds is 3. The number of hydrogen-bond donors (Lipinski definition) is 1. The van der Waals surface area contributed by atoms with Gasteiger partial charge in [0.25, 0.3) is 0 Å². The minimum atomic E-state index is 0.174. The van der Waals surface area contributed by atoms with Gasteiger partial charge in [-0.25, -0.2) is 0 Å². The van der Waals surface area contributed by atoms with Gasteiger partial charge in [-0.05, 0) is 29.4 Å². The molecular weight excluding hydrogens is 178 g/mol. The largest absolute Gasteiger partial charge is 0.351 e. The third-order valence-electron chi connectivity index (χ3n) is 2.10. The van der Waals surface area contributed by atoms with Crippen molar-refractivity contribution in [2.75, 3.05) is 5.75 Å². The van der Waals surface area contributed by atoms with Crippen molar-refractivity contribution >= 4 is 18.7 Å². The Morgan fingerprint density at radius 3 is 2.69 bits per heavy atom. The fourth-order valence-corrected chi connectivity index (χ4v) is 1.12. The first-order valence-corrected chi connectivity index (χ1v) is 5.10. The summed E-state index contributed by atoms with van der Waals surface area (Å²) < 4.78 is 2.10. The fourth-order valence-electron chi connectivity index (χ4n) is 1.01. The SMILES string of the molecule is Cn1cccc1/C=C/C(C)(C)CS. The third-order valence-corrected chi connectivity index (χ3v) is 2.91. The zero-order valence-corrected chi connectivity index (χ0v) is 9.38. The van der Waals surface area contributed by atoms with Gasteiger partial charge in [-0.15, -0.1) is 0 Å². The molecule has 0 aromatic carbocycles. The Kier molecular flexibility index (Phi) is 3.26. The minimum Gasteiger partial charge on any atom is -0.351 e. The zero-order valence-electron chi connectivity index (χ0n) is 8.49. The molecule has 1 rings (SSSR count). The second-order valence-electron chi connectivity index (χ2n) is 4.02. The highest BCUT2D eigenvalue weighted by atomic mass is 32.1. The normalized spacial score (nSPS) is 12.6. The van der Waals surface area contributed by atoms with Crippen molar-refractivity contribution in [3.05, 3.63) is 30.1 Å². The molecule has 1 nitrogen and oxygen atoms in total. The first-order chi connectivity index (χ1) is 6.05. The summed E-state index contributed by atoms with van der Waals surface area (Å²) in [6.07, 6.45) is 6.40. The summed E-state index contributed by atoms with van der Waals surface area (Å²) in [5, 5.41) is 0. The van der Waals surface area contributed by atoms with Crippen molar-refractivity contribution in [3.8, 4) is 0 Å². The van der Waals surface area contributed by atoms with E-state index in [0.29, 0.717) is 0 Å². The lowest BCUT2D eigenvalue weighted by Crippen LogP contribution is -2.08. The summed E-state index contributed by atoms with van der Waals surface area (Å²) in [6.45, 7) is 4.36. The Morgan fingerprint density at radius 1 is 1.54 bits per heavy atom. The second kappa shape index (κ2) is 4.05. The summed E-state index contributed by atoms with van der Waals surface area (Å²) in [6, 6.07) is 4.15. The van der Waals surface area contributed by atoms with Crippen LogP contribution in [0.1, 0.15) is 19.5 Å². The molecule has 1 heterocycles. The number of hydrogen-bond acceptors (Lipinski definition) is 1. The predicted octanol–water partition coefficient (Wildman–Crippen LogP) is 2.99. The number of thiol groups is 1. The molecule has 0 N–H and O–H groups in total. The molecule has 0 radical (unpaired) electrons. The van der Waals surface area contributed by atoms with Crippen molar-refractivity contribution in [3.63, 3.8) is 0 Å². The van der Waals surface area contributed by atoms with E-state index in [-0.39, 0.29) is 5.41 Å². The van der Waals surface area contributed by atoms with Gasteiger partial charge in [0.15, 0.2) is 0 Å². The Morgan fingerprint density at radius 2 is 2.23 bits per heavy atom. The van der Waals surface area contributed by atoms with Crippen LogP contribution >= 0.6 is 12.6 Å². The van der Waals surface area contributed by atoms with E-state index in [9.17, 15) is 0 Å². The Labute approximate surface area is 85.9 Å². The molecule has 0 saturated carbocycles. The van der Waals surface area contributed by atoms with Crippen molar-refractivity contribution in [1.82, 2.24) is 4.57 Å². The maximum Gasteiger partial charge on any atom is 0.0401 e. The van der Waals surface area contributed by atoms with Crippen LogP contribution in [-0.2, 0) is 7.05 Å². The molecule has 0 atom stereocenters. The third kappa shape index (κ3) is 2.96. The quantitative estimate of drug-likeness (QED) is 0.708. The van der Waals surface area contributed by atoms with Crippen LogP contribution in [-0.4, -0.2) is 10.3 Å². The van der Waals surface area contributed by atoms with Gasteiger partial charge in [0.2, 0.25) is 0 Å². The van der Waals surface area contributed by atoms with Crippen LogP contribution in [0.5, 0.6) is 0 Å². The van der Waals surface area contributed by atoms with Crippen LogP contribution in [0.25, 0.3) is 6.08 Å². The van der Waals surface area contributed by atoms with Crippen LogP contribution < -0.4 is 0 Å². The Hall–Kier alpha value is -0.630. The lowest BCUT2D eigenvalue weighted by atomic mass is 9.95. The monoisotopic (exact) mass is 195 g/mol. The molecule has 0 saturated heterocycles. The van der Waals surface area contributed by atoms with Gasteiger partial charge in [0.05, 0.1) is 0 Å². The molecule has 0 unspecified atom stereocenters. The number of nitrogens with zero attached hydrogens (tertiary/aromatic N) is 1. The molecule has 1 aromatic rings. The average Bonchev–Trinajstić information content (AvgIpc) is 2.48. The van der Waals surface area contributed by atoms with Crippen molar-refractivity contribution in [2.24, 2.45) is 12.5 Å². The summed E-state index contributed by atoms with van der Waals surface area (Å²) >= 11 is 4.30. The van der Waals surface area contributed by atoms with Crippen LogP contribution in [0.3, 0.4) is 0 Å². The minimum absolute atomic E-state index is 0.174. The van der Waals surface area contributed by atoms with E-state index < -0.39 is 0 Å². The molecule has 0 aliphatic rings. The molecule has 2 heteroatoms. The molecule has 72 valence electrons. The maximum absolute atomic E-state index is 4.30. The van der Waals surface area contributed by atoms with Gasteiger partial charge in [-0.1, -0.05) is 19.9 Å². The van der Waals surface area contributed by atoms with E-state index >= 15 is 0 Å². The molecule has 0 amide bonds. The highest BCUT2D eigenvalue weighted by Crippen LogP contribution is 2.20. The lowest BCUT2D eigenvalue weighted by molar-refractivity contribution is 0.561. The molecular formula is C11H17NS.